The molecule has 1 saturated heterocycles. The molecule has 0 bridgehead atoms. The third-order valence-electron chi connectivity index (χ3n) is 3.75. The highest BCUT2D eigenvalue weighted by atomic mass is 32.2. The molecule has 1 amide bonds. The Kier molecular flexibility index (Phi) is 5.14. The third-order valence-corrected chi connectivity index (χ3v) is 4.72. The number of aromatic nitrogens is 2. The molecule has 9 heteroatoms. The second kappa shape index (κ2) is 7.17. The van der Waals surface area contributed by atoms with Crippen LogP contribution in [0.5, 0.6) is 0 Å². The minimum absolute atomic E-state index is 0.0189. The van der Waals surface area contributed by atoms with E-state index in [4.69, 9.17) is 4.74 Å². The number of thioether (sulfide) groups is 1. The van der Waals surface area contributed by atoms with Gasteiger partial charge in [0.25, 0.3) is 0 Å². The molecule has 1 aliphatic rings. The zero-order valence-electron chi connectivity index (χ0n) is 13.4. The van der Waals surface area contributed by atoms with Gasteiger partial charge in [-0.05, 0) is 13.0 Å². The van der Waals surface area contributed by atoms with E-state index in [1.807, 2.05) is 6.92 Å². The van der Waals surface area contributed by atoms with E-state index in [0.717, 1.165) is 11.8 Å². The number of nitrogens with zero attached hydrogens (tertiary/aromatic N) is 3. The van der Waals surface area contributed by atoms with Crippen molar-refractivity contribution < 1.29 is 22.7 Å². The summed E-state index contributed by atoms with van der Waals surface area (Å²) in [4.78, 5) is 21.2. The van der Waals surface area contributed by atoms with Gasteiger partial charge in [0.15, 0.2) is 0 Å². The van der Waals surface area contributed by atoms with E-state index in [9.17, 15) is 18.0 Å². The fraction of sp³-hybridized carbons (Fsp3) is 0.438. The van der Waals surface area contributed by atoms with Crippen molar-refractivity contribution in [2.75, 3.05) is 25.4 Å². The molecule has 134 valence electrons. The first-order chi connectivity index (χ1) is 11.8. The van der Waals surface area contributed by atoms with Gasteiger partial charge in [-0.2, -0.15) is 13.2 Å². The number of para-hydroxylation sites is 1. The molecule has 1 fully saturated rings. The van der Waals surface area contributed by atoms with Crippen molar-refractivity contribution in [2.24, 2.45) is 0 Å². The number of amides is 1. The molecule has 0 spiro atoms. The van der Waals surface area contributed by atoms with E-state index in [0.29, 0.717) is 25.1 Å². The van der Waals surface area contributed by atoms with E-state index in [1.165, 1.54) is 6.07 Å². The van der Waals surface area contributed by atoms with Crippen molar-refractivity contribution in [2.45, 2.75) is 24.2 Å². The van der Waals surface area contributed by atoms with Gasteiger partial charge < -0.3 is 9.64 Å². The summed E-state index contributed by atoms with van der Waals surface area (Å²) in [6.07, 6.45) is -4.68. The lowest BCUT2D eigenvalue weighted by Crippen LogP contribution is -2.45. The predicted octanol–water partition coefficient (Wildman–Crippen LogP) is 2.99. The summed E-state index contributed by atoms with van der Waals surface area (Å²) < 4.78 is 44.4. The average molecular weight is 371 g/mol. The highest BCUT2D eigenvalue weighted by Crippen LogP contribution is 2.32. The van der Waals surface area contributed by atoms with E-state index in [1.54, 1.807) is 23.1 Å². The monoisotopic (exact) mass is 371 g/mol. The number of rotatable bonds is 3. The van der Waals surface area contributed by atoms with Crippen molar-refractivity contribution in [3.05, 3.63) is 30.1 Å². The van der Waals surface area contributed by atoms with Gasteiger partial charge in [0.2, 0.25) is 11.7 Å². The van der Waals surface area contributed by atoms with Crippen LogP contribution in [0.2, 0.25) is 0 Å². The summed E-state index contributed by atoms with van der Waals surface area (Å²) in [7, 11) is 0. The smallest absolute Gasteiger partial charge is 0.375 e. The minimum Gasteiger partial charge on any atom is -0.375 e. The van der Waals surface area contributed by atoms with Gasteiger partial charge in [-0.1, -0.05) is 30.0 Å². The molecule has 25 heavy (non-hydrogen) atoms. The van der Waals surface area contributed by atoms with Crippen molar-refractivity contribution >= 4 is 28.6 Å². The standard InChI is InChI=1S/C16H16F3N3O2S/c1-10-8-22(6-7-24-10)13(23)9-25-14-11-4-2-3-5-12(11)20-15(21-14)16(17,18)19/h2-5,10H,6-9H2,1H3. The van der Waals surface area contributed by atoms with Crippen LogP contribution >= 0.6 is 11.8 Å². The zero-order chi connectivity index (χ0) is 18.0. The molecule has 3 rings (SSSR count). The molecule has 0 saturated carbocycles. The van der Waals surface area contributed by atoms with E-state index >= 15 is 0 Å². The zero-order valence-corrected chi connectivity index (χ0v) is 14.2. The number of ether oxygens (including phenoxy) is 1. The van der Waals surface area contributed by atoms with Crippen molar-refractivity contribution in [1.29, 1.82) is 0 Å². The Morgan fingerprint density at radius 1 is 1.36 bits per heavy atom. The molecule has 0 N–H and O–H groups in total. The number of fused-ring (bicyclic) bond motifs is 1. The quantitative estimate of drug-likeness (QED) is 0.613. The van der Waals surface area contributed by atoms with E-state index < -0.39 is 12.0 Å². The van der Waals surface area contributed by atoms with Gasteiger partial charge in [-0.3, -0.25) is 4.79 Å². The second-order valence-corrected chi connectivity index (χ2v) is 6.64. The molecule has 0 aliphatic carbocycles. The number of carbonyl (C=O) groups excluding carboxylic acids is 1. The number of hydrogen-bond acceptors (Lipinski definition) is 5. The van der Waals surface area contributed by atoms with Crippen LogP contribution in [0.15, 0.2) is 29.3 Å². The highest BCUT2D eigenvalue weighted by molar-refractivity contribution is 8.00. The van der Waals surface area contributed by atoms with Crippen LogP contribution in [-0.4, -0.2) is 52.3 Å². The number of hydrogen-bond donors (Lipinski definition) is 0. The number of alkyl halides is 3. The summed E-state index contributed by atoms with van der Waals surface area (Å²) in [6, 6.07) is 6.47. The van der Waals surface area contributed by atoms with Gasteiger partial charge in [-0.15, -0.1) is 0 Å². The summed E-state index contributed by atoms with van der Waals surface area (Å²) in [6.45, 7) is 3.31. The molecule has 1 unspecified atom stereocenters. The van der Waals surface area contributed by atoms with Gasteiger partial charge in [0.1, 0.15) is 5.03 Å². The first kappa shape index (κ1) is 17.9. The Labute approximate surface area is 146 Å². The van der Waals surface area contributed by atoms with Crippen LogP contribution in [0.25, 0.3) is 10.9 Å². The topological polar surface area (TPSA) is 55.3 Å². The maximum Gasteiger partial charge on any atom is 0.451 e. The lowest BCUT2D eigenvalue weighted by Gasteiger charge is -2.31. The highest BCUT2D eigenvalue weighted by Gasteiger charge is 2.35. The fourth-order valence-corrected chi connectivity index (χ4v) is 3.47. The summed E-state index contributed by atoms with van der Waals surface area (Å²) in [5, 5.41) is 0.663. The predicted molar refractivity (Wildman–Crippen MR) is 87.3 cm³/mol. The second-order valence-electron chi connectivity index (χ2n) is 5.68. The lowest BCUT2D eigenvalue weighted by molar-refractivity contribution is -0.145. The molecule has 1 aromatic heterocycles. The minimum atomic E-state index is -4.64. The number of carbonyl (C=O) groups is 1. The van der Waals surface area contributed by atoms with Gasteiger partial charge in [0, 0.05) is 18.5 Å². The molecule has 1 atom stereocenters. The Morgan fingerprint density at radius 3 is 2.84 bits per heavy atom. The number of benzene rings is 1. The van der Waals surface area contributed by atoms with Gasteiger partial charge >= 0.3 is 6.18 Å². The first-order valence-corrected chi connectivity index (χ1v) is 8.69. The number of halogens is 3. The molecule has 0 radical (unpaired) electrons. The van der Waals surface area contributed by atoms with Crippen LogP contribution in [0.4, 0.5) is 13.2 Å². The third kappa shape index (κ3) is 4.21. The molecule has 2 aromatic rings. The maximum absolute atomic E-state index is 13.0. The Hall–Kier alpha value is -1.87. The van der Waals surface area contributed by atoms with E-state index in [2.05, 4.69) is 9.97 Å². The largest absolute Gasteiger partial charge is 0.451 e. The first-order valence-electron chi connectivity index (χ1n) is 7.71. The summed E-state index contributed by atoms with van der Waals surface area (Å²) >= 11 is 1.00. The molecule has 1 aromatic carbocycles. The Balaban J connectivity index is 1.81. The van der Waals surface area contributed by atoms with Crippen LogP contribution in [-0.2, 0) is 15.7 Å². The lowest BCUT2D eigenvalue weighted by atomic mass is 10.2. The van der Waals surface area contributed by atoms with Crippen LogP contribution < -0.4 is 0 Å². The van der Waals surface area contributed by atoms with Gasteiger partial charge in [-0.25, -0.2) is 9.97 Å². The van der Waals surface area contributed by atoms with Crippen molar-refractivity contribution in [1.82, 2.24) is 14.9 Å². The van der Waals surface area contributed by atoms with Crippen LogP contribution in [0.3, 0.4) is 0 Å². The molecule has 1 aliphatic heterocycles. The van der Waals surface area contributed by atoms with Crippen LogP contribution in [0.1, 0.15) is 12.7 Å². The van der Waals surface area contributed by atoms with Crippen LogP contribution in [0, 0.1) is 0 Å². The van der Waals surface area contributed by atoms with Gasteiger partial charge in [0.05, 0.1) is 24.0 Å². The summed E-state index contributed by atoms with van der Waals surface area (Å²) in [5.41, 5.74) is 0.208. The maximum atomic E-state index is 13.0. The SMILES string of the molecule is CC1CN(C(=O)CSc2nc(C(F)(F)F)nc3ccccc23)CCO1. The average Bonchev–Trinajstić information content (AvgIpc) is 2.58. The molecular formula is C16H16F3N3O2S. The normalized spacial score (nSPS) is 18.6. The molecule has 2 heterocycles. The van der Waals surface area contributed by atoms with Crippen molar-refractivity contribution in [3.8, 4) is 0 Å². The Morgan fingerprint density at radius 2 is 2.12 bits per heavy atom. The Bertz CT molecular complexity index is 785. The summed E-state index contributed by atoms with van der Waals surface area (Å²) in [5.74, 6) is -1.32. The van der Waals surface area contributed by atoms with Crippen molar-refractivity contribution in [3.63, 3.8) is 0 Å². The van der Waals surface area contributed by atoms with E-state index in [-0.39, 0.29) is 28.3 Å². The fourth-order valence-electron chi connectivity index (χ4n) is 2.55. The number of morpholine rings is 1. The molecule has 5 nitrogen and oxygen atoms in total. The molecular weight excluding hydrogens is 355 g/mol.